The molecule has 0 spiro atoms. The molecule has 4 aromatic heterocycles. The molecule has 0 bridgehead atoms. The number of carbonyl (C=O) groups is 8. The van der Waals surface area contributed by atoms with Gasteiger partial charge in [0.25, 0.3) is 17.7 Å². The lowest BCUT2D eigenvalue weighted by Gasteiger charge is -2.40. The maximum atomic E-state index is 14.9. The molecule has 5 aliphatic heterocycles. The van der Waals surface area contributed by atoms with Crippen molar-refractivity contribution in [2.24, 2.45) is 21.7 Å². The zero-order valence-corrected chi connectivity index (χ0v) is 82.2. The summed E-state index contributed by atoms with van der Waals surface area (Å²) >= 11 is 0. The predicted octanol–water partition coefficient (Wildman–Crippen LogP) is 16.7. The molecule has 10 aliphatic rings. The fourth-order valence-electron chi connectivity index (χ4n) is 20.0. The van der Waals surface area contributed by atoms with Crippen LogP contribution < -0.4 is 91.2 Å². The average molecular weight is 1920 g/mol. The van der Waals surface area contributed by atoms with Gasteiger partial charge < -0.3 is 96.1 Å². The van der Waals surface area contributed by atoms with Crippen molar-refractivity contribution in [1.82, 2.24) is 55.4 Å². The van der Waals surface area contributed by atoms with Gasteiger partial charge in [-0.2, -0.15) is 19.9 Å². The average Bonchev–Trinajstić information content (AvgIpc) is 1.63. The van der Waals surface area contributed by atoms with Crippen LogP contribution in [0.15, 0.2) is 97.6 Å². The van der Waals surface area contributed by atoms with Crippen LogP contribution in [0.4, 0.5) is 126 Å². The van der Waals surface area contributed by atoms with Crippen LogP contribution in [0.25, 0.3) is 0 Å². The second-order valence-electron chi connectivity index (χ2n) is 40.4. The van der Waals surface area contributed by atoms with Crippen molar-refractivity contribution in [2.45, 2.75) is 227 Å². The summed E-state index contributed by atoms with van der Waals surface area (Å²) in [7, 11) is 11.7. The maximum absolute atomic E-state index is 14.9. The number of urea groups is 1. The molecule has 8 aromatic rings. The van der Waals surface area contributed by atoms with Gasteiger partial charge in [0.15, 0.2) is 29.1 Å². The zero-order valence-electron chi connectivity index (χ0n) is 82.2. The first-order valence-electron chi connectivity index (χ1n) is 48.1. The molecule has 39 heteroatoms. The quantitative estimate of drug-likeness (QED) is 0.0349. The Morgan fingerprint density at radius 2 is 0.777 bits per heavy atom. The predicted molar refractivity (Wildman–Crippen MR) is 530 cm³/mol. The van der Waals surface area contributed by atoms with E-state index in [0.29, 0.717) is 125 Å². The van der Waals surface area contributed by atoms with Crippen LogP contribution in [0.3, 0.4) is 0 Å². The number of methoxy groups -OCH3 is 2. The summed E-state index contributed by atoms with van der Waals surface area (Å²) in [5.74, 6) is -0.560. The van der Waals surface area contributed by atoms with E-state index in [1.165, 1.54) is 45.8 Å². The minimum atomic E-state index is -2.71. The van der Waals surface area contributed by atoms with Crippen molar-refractivity contribution in [3.63, 3.8) is 0 Å². The van der Waals surface area contributed by atoms with Gasteiger partial charge in [-0.25, -0.2) is 42.3 Å². The monoisotopic (exact) mass is 1920 g/mol. The first-order chi connectivity index (χ1) is 66.1. The molecule has 6 fully saturated rings. The van der Waals surface area contributed by atoms with Crippen LogP contribution in [0.1, 0.15) is 211 Å². The van der Waals surface area contributed by atoms with Crippen molar-refractivity contribution in [3.8, 4) is 11.5 Å². The van der Waals surface area contributed by atoms with E-state index in [-0.39, 0.29) is 66.1 Å². The molecule has 0 unspecified atom stereocenters. The van der Waals surface area contributed by atoms with Gasteiger partial charge in [-0.15, -0.1) is 0 Å². The van der Waals surface area contributed by atoms with Crippen LogP contribution in [-0.2, 0) is 24.0 Å². The third kappa shape index (κ3) is 22.1. The van der Waals surface area contributed by atoms with Gasteiger partial charge in [0.2, 0.25) is 53.3 Å². The number of likely N-dealkylation sites (tertiary alicyclic amines) is 1. The number of amides is 9. The van der Waals surface area contributed by atoms with E-state index in [2.05, 4.69) is 87.1 Å². The molecule has 8 N–H and O–H groups in total. The van der Waals surface area contributed by atoms with Gasteiger partial charge in [-0.3, -0.25) is 33.6 Å². The van der Waals surface area contributed by atoms with Crippen molar-refractivity contribution in [1.29, 1.82) is 0 Å². The van der Waals surface area contributed by atoms with E-state index < -0.39 is 62.8 Å². The molecule has 742 valence electrons. The standard InChI is InChI=1S/C27H34F2N6O3.C27H37N7O2.C23H28F2N6O2.C23H30N6O3/c1-26(2)15-35(18-7-5-6-8-18)22-20(34(3)24(26)37)14-30-25(33-22)32-19-10-9-16(11-21(19)38-4)23(36)31-17-12-27(28,29)13-17;1-27(2)18-34(21-12-5-6-13-21)23-22(32(3)24(27)35)17-28-25(31-23)29-19-10-9-11-20(16-19)30-26(36)33-14-7-4-8-15-33;1-13(32)27-19-15(24)9-10-16(18(19)25)28-22-26-11-17-20(29-22)31(14-7-5-6-8-14)12-23(2,3)21(33)30(17)4;1-23(2)13-29(15-7-6-8-15)19-17(28(4)21(23)31)12-25-22(27-19)26-16-10-9-14(20(30)24-3)11-18(16)32-5/h9-11,14,17-18H,5-8,12-13,15H2,1-4H3,(H,31,36)(H,30,32,33);9-11,16-17,21H,4-8,12-15,18H2,1-3H3,(H,30,36)(H,28,29,31);9-11,14H,5-8,12H2,1-4H3,(H,27,32)(H,26,28,29);9-12,15H,6-8,13H2,1-5H3,(H,24,30)(H,25,26,27). The number of halogens is 4. The number of benzene rings is 4. The Labute approximate surface area is 808 Å². The van der Waals surface area contributed by atoms with Crippen LogP contribution in [0, 0.1) is 33.3 Å². The SMILES string of the molecule is CC(=O)Nc1c(F)ccc(Nc2ncc3c(n2)N(C2CCCC2)CC(C)(C)C(=O)N3C)c1F.CN1C(=O)C(C)(C)CN(C2CCCC2)c2nc(Nc3cccc(NC(=O)N4CCCCC4)c3)ncc21.CNC(=O)c1ccc(Nc2ncc3c(n2)N(C2CCC2)CC(C)(C)C(=O)N3C)c(OC)c1.COc1cc(C(=O)NC2CC(F)(F)C2)ccc1Nc1ncc2c(n1)N(C1CCCC1)CC(C)(C)C(=O)N2C. The van der Waals surface area contributed by atoms with E-state index in [4.69, 9.17) is 24.4 Å². The molecule has 5 saturated carbocycles. The number of nitrogens with one attached hydrogen (secondary N) is 8. The number of hydrogen-bond donors (Lipinski definition) is 8. The molecule has 1 saturated heterocycles. The zero-order chi connectivity index (χ0) is 99.5. The summed E-state index contributed by atoms with van der Waals surface area (Å²) in [6.45, 7) is 20.8. The second kappa shape index (κ2) is 41.3. The summed E-state index contributed by atoms with van der Waals surface area (Å²) < 4.78 is 66.1. The number of carbonyl (C=O) groups excluding carboxylic acids is 8. The Balaban J connectivity index is 0.000000141. The lowest BCUT2D eigenvalue weighted by molar-refractivity contribution is -0.126. The van der Waals surface area contributed by atoms with Gasteiger partial charge in [0.1, 0.15) is 45.8 Å². The first-order valence-corrected chi connectivity index (χ1v) is 48.1. The Morgan fingerprint density at radius 3 is 1.13 bits per heavy atom. The maximum Gasteiger partial charge on any atom is 0.321 e. The largest absolute Gasteiger partial charge is 0.495 e. The molecule has 0 radical (unpaired) electrons. The van der Waals surface area contributed by atoms with Crippen LogP contribution >= 0.6 is 0 Å². The molecule has 35 nitrogen and oxygen atoms in total. The van der Waals surface area contributed by atoms with Gasteiger partial charge in [0.05, 0.1) is 77.7 Å². The fourth-order valence-corrected chi connectivity index (χ4v) is 20.0. The number of hydrogen-bond acceptors (Lipinski definition) is 26. The molecule has 9 heterocycles. The number of piperidine rings is 1. The lowest BCUT2D eigenvalue weighted by atomic mass is 9.87. The van der Waals surface area contributed by atoms with Gasteiger partial charge in [-0.1, -0.05) is 44.6 Å². The van der Waals surface area contributed by atoms with Crippen molar-refractivity contribution in [2.75, 3.05) is 160 Å². The number of alkyl halides is 2. The first kappa shape index (κ1) is 99.9. The van der Waals surface area contributed by atoms with Crippen LogP contribution in [-0.4, -0.2) is 217 Å². The van der Waals surface area contributed by atoms with E-state index in [0.717, 1.165) is 138 Å². The van der Waals surface area contributed by atoms with Gasteiger partial charge >= 0.3 is 6.03 Å². The third-order valence-electron chi connectivity index (χ3n) is 27.9. The number of nitrogens with zero attached hydrogens (tertiary/aromatic N) is 17. The third-order valence-corrected chi connectivity index (χ3v) is 27.9. The minimum Gasteiger partial charge on any atom is -0.495 e. The minimum absolute atomic E-state index is 0.0183. The lowest BCUT2D eigenvalue weighted by Crippen LogP contribution is -2.50. The Kier molecular flexibility index (Phi) is 29.7. The molecule has 9 amide bonds. The van der Waals surface area contributed by atoms with Crippen molar-refractivity contribution in [3.05, 3.63) is 120 Å². The van der Waals surface area contributed by atoms with E-state index in [9.17, 15) is 55.9 Å². The molecule has 18 rings (SSSR count). The second-order valence-corrected chi connectivity index (χ2v) is 40.4. The van der Waals surface area contributed by atoms with Crippen LogP contribution in [0.2, 0.25) is 0 Å². The highest BCUT2D eigenvalue weighted by atomic mass is 19.3. The number of anilines is 18. The number of fused-ring (bicyclic) bond motifs is 4. The Bertz CT molecular complexity index is 5930. The van der Waals surface area contributed by atoms with Crippen molar-refractivity contribution < 1.29 is 65.4 Å². The highest BCUT2D eigenvalue weighted by Gasteiger charge is 2.49. The number of ether oxygens (including phenoxy) is 2. The van der Waals surface area contributed by atoms with E-state index in [1.807, 2.05) is 91.6 Å². The summed E-state index contributed by atoms with van der Waals surface area (Å²) in [6, 6.07) is 20.6. The summed E-state index contributed by atoms with van der Waals surface area (Å²) in [5.41, 5.74) is 3.34. The summed E-state index contributed by atoms with van der Waals surface area (Å²) in [6.07, 6.45) is 25.9. The topological polar surface area (TPSA) is 384 Å². The number of rotatable bonds is 19. The van der Waals surface area contributed by atoms with Crippen molar-refractivity contribution >= 4 is 151 Å². The Hall–Kier alpha value is -13.5. The van der Waals surface area contributed by atoms with Gasteiger partial charge in [0, 0.05) is 147 Å². The molecular formula is C100H129F4N25O10. The normalized spacial score (nSPS) is 19.4. The molecule has 4 aromatic carbocycles. The summed E-state index contributed by atoms with van der Waals surface area (Å²) in [4.78, 5) is 155. The fraction of sp³-hybridized carbons (Fsp3) is 0.520. The highest BCUT2D eigenvalue weighted by Crippen LogP contribution is 2.48. The molecule has 139 heavy (non-hydrogen) atoms. The molecule has 0 atom stereocenters. The van der Waals surface area contributed by atoms with E-state index >= 15 is 0 Å². The highest BCUT2D eigenvalue weighted by molar-refractivity contribution is 6.05. The summed E-state index contributed by atoms with van der Waals surface area (Å²) in [5, 5.41) is 22.9. The van der Waals surface area contributed by atoms with E-state index in [1.54, 1.807) is 116 Å². The molecular weight excluding hydrogens is 1790 g/mol. The van der Waals surface area contributed by atoms with Gasteiger partial charge in [-0.05, 0) is 199 Å². The number of aromatic nitrogens is 8. The smallest absolute Gasteiger partial charge is 0.321 e. The molecule has 5 aliphatic carbocycles. The Morgan fingerprint density at radius 1 is 0.424 bits per heavy atom. The van der Waals surface area contributed by atoms with Crippen LogP contribution in [0.5, 0.6) is 11.5 Å².